The number of amidine groups is 1. The van der Waals surface area contributed by atoms with Gasteiger partial charge in [0.2, 0.25) is 0 Å². The summed E-state index contributed by atoms with van der Waals surface area (Å²) in [5.74, 6) is 2.61. The Balaban J connectivity index is 1.85. The Morgan fingerprint density at radius 3 is 3.11 bits per heavy atom. The quantitative estimate of drug-likeness (QED) is 0.785. The normalized spacial score (nSPS) is 21.4. The van der Waals surface area contributed by atoms with Gasteiger partial charge < -0.3 is 9.32 Å². The van der Waals surface area contributed by atoms with E-state index in [9.17, 15) is 0 Å². The Hall–Kier alpha value is -2.03. The molecular formula is C16H18N2O. The summed E-state index contributed by atoms with van der Waals surface area (Å²) in [6.07, 6.45) is 2.78. The molecule has 1 unspecified atom stereocenters. The van der Waals surface area contributed by atoms with E-state index in [1.807, 2.05) is 24.3 Å². The zero-order chi connectivity index (χ0) is 13.2. The maximum Gasteiger partial charge on any atom is 0.134 e. The van der Waals surface area contributed by atoms with E-state index in [2.05, 4.69) is 35.7 Å². The zero-order valence-corrected chi connectivity index (χ0v) is 11.2. The highest BCUT2D eigenvalue weighted by molar-refractivity contribution is 5.85. The molecule has 3 nitrogen and oxygen atoms in total. The smallest absolute Gasteiger partial charge is 0.134 e. The molecule has 2 aromatic rings. The van der Waals surface area contributed by atoms with E-state index in [-0.39, 0.29) is 0 Å². The Morgan fingerprint density at radius 1 is 1.47 bits per heavy atom. The Labute approximate surface area is 113 Å². The summed E-state index contributed by atoms with van der Waals surface area (Å²) in [6.45, 7) is 5.36. The first-order chi connectivity index (χ1) is 9.28. The van der Waals surface area contributed by atoms with Crippen molar-refractivity contribution in [3.63, 3.8) is 0 Å². The fraction of sp³-hybridized carbons (Fsp3) is 0.312. The SMILES string of the molecule is C=CCN=C1CC(c2cc3ccccc3o2)CN1C. The molecule has 98 valence electrons. The fourth-order valence-corrected chi connectivity index (χ4v) is 2.63. The second-order valence-corrected chi connectivity index (χ2v) is 5.01. The van der Waals surface area contributed by atoms with Crippen LogP contribution in [-0.2, 0) is 0 Å². The monoisotopic (exact) mass is 254 g/mol. The van der Waals surface area contributed by atoms with Crippen molar-refractivity contribution in [2.75, 3.05) is 20.1 Å². The molecule has 1 aromatic carbocycles. The third-order valence-corrected chi connectivity index (χ3v) is 3.61. The van der Waals surface area contributed by atoms with Gasteiger partial charge in [-0.3, -0.25) is 4.99 Å². The first-order valence-corrected chi connectivity index (χ1v) is 6.62. The van der Waals surface area contributed by atoms with Crippen LogP contribution in [0.2, 0.25) is 0 Å². The van der Waals surface area contributed by atoms with Crippen molar-refractivity contribution in [1.29, 1.82) is 0 Å². The van der Waals surface area contributed by atoms with E-state index >= 15 is 0 Å². The average molecular weight is 254 g/mol. The molecular weight excluding hydrogens is 236 g/mol. The van der Waals surface area contributed by atoms with Gasteiger partial charge in [-0.05, 0) is 12.1 Å². The Morgan fingerprint density at radius 2 is 2.32 bits per heavy atom. The maximum absolute atomic E-state index is 5.95. The van der Waals surface area contributed by atoms with Gasteiger partial charge in [-0.15, -0.1) is 6.58 Å². The van der Waals surface area contributed by atoms with Crippen molar-refractivity contribution in [3.8, 4) is 0 Å². The molecule has 1 aromatic heterocycles. The highest BCUT2D eigenvalue weighted by atomic mass is 16.3. The van der Waals surface area contributed by atoms with Gasteiger partial charge in [0.05, 0.1) is 12.4 Å². The van der Waals surface area contributed by atoms with Crippen molar-refractivity contribution in [1.82, 2.24) is 4.90 Å². The summed E-state index contributed by atoms with van der Waals surface area (Å²) >= 11 is 0. The van der Waals surface area contributed by atoms with Crippen molar-refractivity contribution < 1.29 is 4.42 Å². The Kier molecular flexibility index (Phi) is 3.11. The number of hydrogen-bond acceptors (Lipinski definition) is 2. The van der Waals surface area contributed by atoms with Crippen molar-refractivity contribution in [3.05, 3.63) is 48.7 Å². The zero-order valence-electron chi connectivity index (χ0n) is 11.2. The molecule has 0 saturated carbocycles. The molecule has 19 heavy (non-hydrogen) atoms. The molecule has 1 saturated heterocycles. The first kappa shape index (κ1) is 12.0. The summed E-state index contributed by atoms with van der Waals surface area (Å²) < 4.78 is 5.95. The van der Waals surface area contributed by atoms with E-state index in [0.29, 0.717) is 12.5 Å². The standard InChI is InChI=1S/C16H18N2O/c1-3-8-17-16-10-13(11-18(16)2)15-9-12-6-4-5-7-14(12)19-15/h3-7,9,13H,1,8,10-11H2,2H3. The Bertz CT molecular complexity index is 593. The lowest BCUT2D eigenvalue weighted by atomic mass is 10.1. The van der Waals surface area contributed by atoms with E-state index in [4.69, 9.17) is 4.42 Å². The third-order valence-electron chi connectivity index (χ3n) is 3.61. The summed E-state index contributed by atoms with van der Waals surface area (Å²) in [5.41, 5.74) is 0.969. The van der Waals surface area contributed by atoms with Gasteiger partial charge in [-0.25, -0.2) is 0 Å². The van der Waals surface area contributed by atoms with Gasteiger partial charge in [0.15, 0.2) is 0 Å². The molecule has 1 aliphatic rings. The number of benzene rings is 1. The molecule has 1 atom stereocenters. The molecule has 0 amide bonds. The summed E-state index contributed by atoms with van der Waals surface area (Å²) in [7, 11) is 2.09. The van der Waals surface area contributed by atoms with Gasteiger partial charge in [-0.1, -0.05) is 24.3 Å². The van der Waals surface area contributed by atoms with Crippen molar-refractivity contribution >= 4 is 16.8 Å². The second kappa shape index (κ2) is 4.92. The van der Waals surface area contributed by atoms with Gasteiger partial charge in [0.1, 0.15) is 11.3 Å². The van der Waals surface area contributed by atoms with Crippen LogP contribution in [-0.4, -0.2) is 30.9 Å². The first-order valence-electron chi connectivity index (χ1n) is 6.62. The van der Waals surface area contributed by atoms with E-state index < -0.39 is 0 Å². The molecule has 2 heterocycles. The highest BCUT2D eigenvalue weighted by Gasteiger charge is 2.28. The minimum atomic E-state index is 0.404. The van der Waals surface area contributed by atoms with Crippen LogP contribution in [0.1, 0.15) is 18.1 Å². The molecule has 1 aliphatic heterocycles. The van der Waals surface area contributed by atoms with Gasteiger partial charge >= 0.3 is 0 Å². The largest absolute Gasteiger partial charge is 0.461 e. The molecule has 3 rings (SSSR count). The lowest BCUT2D eigenvalue weighted by Gasteiger charge is -2.10. The van der Waals surface area contributed by atoms with E-state index in [1.54, 1.807) is 0 Å². The summed E-state index contributed by atoms with van der Waals surface area (Å²) in [4.78, 5) is 6.74. The number of nitrogens with zero attached hydrogens (tertiary/aromatic N) is 2. The predicted molar refractivity (Wildman–Crippen MR) is 78.7 cm³/mol. The molecule has 1 fully saturated rings. The minimum absolute atomic E-state index is 0.404. The lowest BCUT2D eigenvalue weighted by Crippen LogP contribution is -2.19. The number of aliphatic imine (C=N–C) groups is 1. The molecule has 0 aliphatic carbocycles. The second-order valence-electron chi connectivity index (χ2n) is 5.01. The third kappa shape index (κ3) is 2.28. The van der Waals surface area contributed by atoms with Crippen LogP contribution in [0.15, 0.2) is 52.4 Å². The van der Waals surface area contributed by atoms with Crippen LogP contribution < -0.4 is 0 Å². The lowest BCUT2D eigenvalue weighted by molar-refractivity contribution is 0.456. The number of fused-ring (bicyclic) bond motifs is 1. The maximum atomic E-state index is 5.95. The average Bonchev–Trinajstić information content (AvgIpc) is 2.99. The van der Waals surface area contributed by atoms with Crippen LogP contribution in [0.25, 0.3) is 11.0 Å². The highest BCUT2D eigenvalue weighted by Crippen LogP contribution is 2.32. The van der Waals surface area contributed by atoms with Crippen LogP contribution >= 0.6 is 0 Å². The van der Waals surface area contributed by atoms with Gasteiger partial charge in [0, 0.05) is 31.3 Å². The fourth-order valence-electron chi connectivity index (χ4n) is 2.63. The number of likely N-dealkylation sites (tertiary alicyclic amines) is 1. The number of likely N-dealkylation sites (N-methyl/N-ethyl adjacent to an activating group) is 1. The number of para-hydroxylation sites is 1. The molecule has 3 heteroatoms. The predicted octanol–water partition coefficient (Wildman–Crippen LogP) is 3.44. The minimum Gasteiger partial charge on any atom is -0.461 e. The van der Waals surface area contributed by atoms with Crippen LogP contribution in [0, 0.1) is 0 Å². The summed E-state index contributed by atoms with van der Waals surface area (Å²) in [5, 5.41) is 1.18. The molecule has 0 radical (unpaired) electrons. The van der Waals surface area contributed by atoms with Gasteiger partial charge in [0.25, 0.3) is 0 Å². The molecule has 0 bridgehead atoms. The van der Waals surface area contributed by atoms with Crippen molar-refractivity contribution in [2.45, 2.75) is 12.3 Å². The summed E-state index contributed by atoms with van der Waals surface area (Å²) in [6, 6.07) is 10.3. The van der Waals surface area contributed by atoms with Crippen LogP contribution in [0.4, 0.5) is 0 Å². The van der Waals surface area contributed by atoms with Crippen LogP contribution in [0.5, 0.6) is 0 Å². The van der Waals surface area contributed by atoms with E-state index in [0.717, 1.165) is 30.1 Å². The number of hydrogen-bond donors (Lipinski definition) is 0. The van der Waals surface area contributed by atoms with Crippen molar-refractivity contribution in [2.24, 2.45) is 4.99 Å². The van der Waals surface area contributed by atoms with Gasteiger partial charge in [-0.2, -0.15) is 0 Å². The van der Waals surface area contributed by atoms with E-state index in [1.165, 1.54) is 5.39 Å². The van der Waals surface area contributed by atoms with Crippen LogP contribution in [0.3, 0.4) is 0 Å². The topological polar surface area (TPSA) is 28.7 Å². The molecule has 0 spiro atoms. The molecule has 0 N–H and O–H groups in total. The number of furan rings is 1. The number of rotatable bonds is 3.